The van der Waals surface area contributed by atoms with Crippen LogP contribution in [0.4, 0.5) is 0 Å². The van der Waals surface area contributed by atoms with E-state index >= 15 is 0 Å². The Morgan fingerprint density at radius 1 is 1.03 bits per heavy atom. The van der Waals surface area contributed by atoms with Crippen molar-refractivity contribution in [1.29, 1.82) is 0 Å². The van der Waals surface area contributed by atoms with E-state index in [0.717, 1.165) is 35.7 Å². The molecule has 3 fully saturated rings. The average molecular weight is 432 g/mol. The molecule has 2 bridgehead atoms. The smallest absolute Gasteiger partial charge is 0.251 e. The maximum absolute atomic E-state index is 12.7. The van der Waals surface area contributed by atoms with Gasteiger partial charge in [-0.3, -0.25) is 9.69 Å². The number of hydrogen-bond acceptors (Lipinski definition) is 5. The van der Waals surface area contributed by atoms with Gasteiger partial charge in [0.2, 0.25) is 10.0 Å². The standard InChI is InChI=1S/C21H25N3O3S2/c1-14-20(15-10-12-24(14)13-11-15)23-21(25)16-2-4-17(5-3-16)28-18-6-8-19(9-7-18)29(22,26)27/h2-9,14-15,20H,10-13H2,1H3,(H,23,25)(H2,22,26,27). The van der Waals surface area contributed by atoms with Crippen LogP contribution in [0.15, 0.2) is 63.2 Å². The van der Waals surface area contributed by atoms with Crippen LogP contribution in [0.25, 0.3) is 0 Å². The zero-order valence-electron chi connectivity index (χ0n) is 16.2. The third-order valence-corrected chi connectivity index (χ3v) is 7.92. The number of primary sulfonamides is 1. The Kier molecular flexibility index (Phi) is 5.70. The molecule has 29 heavy (non-hydrogen) atoms. The van der Waals surface area contributed by atoms with Crippen molar-refractivity contribution in [1.82, 2.24) is 10.2 Å². The van der Waals surface area contributed by atoms with Crippen LogP contribution in [0.1, 0.15) is 30.1 Å². The van der Waals surface area contributed by atoms with Gasteiger partial charge < -0.3 is 5.32 Å². The molecule has 154 valence electrons. The van der Waals surface area contributed by atoms with Gasteiger partial charge in [-0.15, -0.1) is 0 Å². The number of benzene rings is 2. The molecule has 0 spiro atoms. The Morgan fingerprint density at radius 3 is 2.10 bits per heavy atom. The van der Waals surface area contributed by atoms with Gasteiger partial charge in [-0.25, -0.2) is 13.6 Å². The molecule has 5 rings (SSSR count). The molecule has 0 radical (unpaired) electrons. The number of piperidine rings is 3. The number of sulfonamides is 1. The lowest BCUT2D eigenvalue weighted by Gasteiger charge is -2.49. The summed E-state index contributed by atoms with van der Waals surface area (Å²) in [6, 6.07) is 14.5. The van der Waals surface area contributed by atoms with Crippen LogP contribution in [-0.2, 0) is 10.0 Å². The molecule has 3 heterocycles. The first kappa shape index (κ1) is 20.4. The van der Waals surface area contributed by atoms with Crippen LogP contribution in [0.2, 0.25) is 0 Å². The molecule has 1 amide bonds. The van der Waals surface area contributed by atoms with Crippen LogP contribution in [0.5, 0.6) is 0 Å². The predicted octanol–water partition coefficient (Wildman–Crippen LogP) is 2.70. The number of nitrogens with two attached hydrogens (primary N) is 1. The van der Waals surface area contributed by atoms with Crippen molar-refractivity contribution in [2.75, 3.05) is 13.1 Å². The Bertz CT molecular complexity index is 981. The molecule has 3 aliphatic heterocycles. The van der Waals surface area contributed by atoms with Gasteiger partial charge in [-0.05, 0) is 87.3 Å². The first-order chi connectivity index (χ1) is 13.8. The summed E-state index contributed by atoms with van der Waals surface area (Å²) < 4.78 is 22.7. The van der Waals surface area contributed by atoms with Crippen LogP contribution in [-0.4, -0.2) is 44.4 Å². The first-order valence-electron chi connectivity index (χ1n) is 9.77. The van der Waals surface area contributed by atoms with Gasteiger partial charge in [0, 0.05) is 27.4 Å². The summed E-state index contributed by atoms with van der Waals surface area (Å²) >= 11 is 1.50. The lowest BCUT2D eigenvalue weighted by molar-refractivity contribution is 0.0217. The summed E-state index contributed by atoms with van der Waals surface area (Å²) in [7, 11) is -3.68. The average Bonchev–Trinajstić information content (AvgIpc) is 2.71. The zero-order valence-corrected chi connectivity index (χ0v) is 17.9. The minimum atomic E-state index is -3.68. The molecule has 3 aliphatic rings. The SMILES string of the molecule is CC1C(NC(=O)c2ccc(Sc3ccc(S(N)(=O)=O)cc3)cc2)C2CCN1CC2. The lowest BCUT2D eigenvalue weighted by atomic mass is 9.79. The fraction of sp³-hybridized carbons (Fsp3) is 0.381. The largest absolute Gasteiger partial charge is 0.347 e. The normalized spacial score (nSPS) is 26.3. The van der Waals surface area contributed by atoms with Crippen LogP contribution >= 0.6 is 11.8 Å². The molecule has 8 heteroatoms. The monoisotopic (exact) mass is 431 g/mol. The minimum absolute atomic E-state index is 0.0235. The minimum Gasteiger partial charge on any atom is -0.347 e. The molecule has 0 aromatic heterocycles. The van der Waals surface area contributed by atoms with Gasteiger partial charge in [0.25, 0.3) is 5.91 Å². The quantitative estimate of drug-likeness (QED) is 0.759. The van der Waals surface area contributed by atoms with E-state index in [1.54, 1.807) is 12.1 Å². The van der Waals surface area contributed by atoms with E-state index in [4.69, 9.17) is 5.14 Å². The third kappa shape index (κ3) is 4.50. The van der Waals surface area contributed by atoms with Crippen LogP contribution in [0.3, 0.4) is 0 Å². The van der Waals surface area contributed by atoms with Crippen molar-refractivity contribution >= 4 is 27.7 Å². The fourth-order valence-electron chi connectivity index (χ4n) is 4.29. The van der Waals surface area contributed by atoms with Gasteiger partial charge in [0.1, 0.15) is 0 Å². The van der Waals surface area contributed by atoms with E-state index in [0.29, 0.717) is 17.5 Å². The number of carbonyl (C=O) groups excluding carboxylic acids is 1. The molecule has 3 saturated heterocycles. The van der Waals surface area contributed by atoms with E-state index in [-0.39, 0.29) is 16.8 Å². The summed E-state index contributed by atoms with van der Waals surface area (Å²) in [5, 5.41) is 8.37. The highest BCUT2D eigenvalue weighted by Crippen LogP contribution is 2.32. The molecule has 2 aromatic rings. The molecular formula is C21H25N3O3S2. The summed E-state index contributed by atoms with van der Waals surface area (Å²) in [5.74, 6) is 0.554. The first-order valence-corrected chi connectivity index (χ1v) is 12.1. The number of amides is 1. The molecule has 2 unspecified atom stereocenters. The predicted molar refractivity (Wildman–Crippen MR) is 113 cm³/mol. The fourth-order valence-corrected chi connectivity index (χ4v) is 5.62. The van der Waals surface area contributed by atoms with Gasteiger partial charge in [-0.2, -0.15) is 0 Å². The Labute approximate surface area is 175 Å². The summed E-state index contributed by atoms with van der Waals surface area (Å²) in [6.45, 7) is 4.49. The summed E-state index contributed by atoms with van der Waals surface area (Å²) in [6.07, 6.45) is 2.32. The summed E-state index contributed by atoms with van der Waals surface area (Å²) in [4.78, 5) is 17.2. The van der Waals surface area contributed by atoms with Crippen molar-refractivity contribution in [2.24, 2.45) is 11.1 Å². The second-order valence-electron chi connectivity index (χ2n) is 7.76. The molecule has 6 nitrogen and oxygen atoms in total. The molecule has 2 atom stereocenters. The second-order valence-corrected chi connectivity index (χ2v) is 10.5. The molecule has 0 aliphatic carbocycles. The number of rotatable bonds is 5. The van der Waals surface area contributed by atoms with Crippen molar-refractivity contribution < 1.29 is 13.2 Å². The number of nitrogens with one attached hydrogen (secondary N) is 1. The molecular weight excluding hydrogens is 406 g/mol. The zero-order chi connectivity index (χ0) is 20.6. The topological polar surface area (TPSA) is 92.5 Å². The van der Waals surface area contributed by atoms with E-state index < -0.39 is 10.0 Å². The van der Waals surface area contributed by atoms with Crippen molar-refractivity contribution in [3.63, 3.8) is 0 Å². The molecule has 2 aromatic carbocycles. The maximum atomic E-state index is 12.7. The molecule has 3 N–H and O–H groups in total. The van der Waals surface area contributed by atoms with Gasteiger partial charge in [0.05, 0.1) is 4.90 Å². The number of hydrogen-bond donors (Lipinski definition) is 2. The van der Waals surface area contributed by atoms with Gasteiger partial charge >= 0.3 is 0 Å². The van der Waals surface area contributed by atoms with Crippen molar-refractivity contribution in [3.8, 4) is 0 Å². The van der Waals surface area contributed by atoms with Crippen LogP contribution in [0, 0.1) is 5.92 Å². The lowest BCUT2D eigenvalue weighted by Crippen LogP contribution is -2.62. The number of fused-ring (bicyclic) bond motifs is 3. The highest BCUT2D eigenvalue weighted by atomic mass is 32.2. The number of nitrogens with zero attached hydrogens (tertiary/aromatic N) is 1. The van der Waals surface area contributed by atoms with Crippen molar-refractivity contribution in [2.45, 2.75) is 46.5 Å². The van der Waals surface area contributed by atoms with E-state index in [1.807, 2.05) is 24.3 Å². The number of carbonyl (C=O) groups is 1. The third-order valence-electron chi connectivity index (χ3n) is 5.98. The Hall–Kier alpha value is -1.87. The van der Waals surface area contributed by atoms with E-state index in [9.17, 15) is 13.2 Å². The van der Waals surface area contributed by atoms with E-state index in [1.165, 1.54) is 23.9 Å². The summed E-state index contributed by atoms with van der Waals surface area (Å²) in [5.41, 5.74) is 0.655. The van der Waals surface area contributed by atoms with Crippen molar-refractivity contribution in [3.05, 3.63) is 54.1 Å². The highest BCUT2D eigenvalue weighted by molar-refractivity contribution is 7.99. The maximum Gasteiger partial charge on any atom is 0.251 e. The van der Waals surface area contributed by atoms with E-state index in [2.05, 4.69) is 17.1 Å². The second kappa shape index (κ2) is 8.10. The highest BCUT2D eigenvalue weighted by Gasteiger charge is 2.40. The Balaban J connectivity index is 1.39. The Morgan fingerprint density at radius 2 is 1.59 bits per heavy atom. The van der Waals surface area contributed by atoms with Gasteiger partial charge in [0.15, 0.2) is 0 Å². The molecule has 0 saturated carbocycles. The van der Waals surface area contributed by atoms with Gasteiger partial charge in [-0.1, -0.05) is 11.8 Å². The van der Waals surface area contributed by atoms with Crippen LogP contribution < -0.4 is 10.5 Å².